The fraction of sp³-hybridized carbons (Fsp3) is 0.286. The molecule has 2 heterocycles. The summed E-state index contributed by atoms with van der Waals surface area (Å²) in [5.74, 6) is -0.370. The minimum absolute atomic E-state index is 0.185. The molecule has 192 valence electrons. The summed E-state index contributed by atoms with van der Waals surface area (Å²) >= 11 is 0. The molecule has 8 nitrogen and oxygen atoms in total. The Balaban J connectivity index is 0.000000255. The quantitative estimate of drug-likeness (QED) is 0.396. The van der Waals surface area contributed by atoms with E-state index in [2.05, 4.69) is 0 Å². The first-order valence-corrected chi connectivity index (χ1v) is 11.2. The van der Waals surface area contributed by atoms with Crippen LogP contribution in [0.1, 0.15) is 38.8 Å². The van der Waals surface area contributed by atoms with Crippen LogP contribution < -0.4 is 11.3 Å². The second kappa shape index (κ2) is 14.5. The molecule has 0 aliphatic rings. The Labute approximate surface area is 208 Å². The molecule has 2 unspecified atom stereocenters. The average Bonchev–Trinajstić information content (AvgIpc) is 2.80. The fourth-order valence-corrected chi connectivity index (χ4v) is 2.38. The molecule has 0 bridgehead atoms. The maximum absolute atomic E-state index is 10.8. The fourth-order valence-electron chi connectivity index (χ4n) is 2.38. The van der Waals surface area contributed by atoms with Crippen molar-refractivity contribution < 1.29 is 28.6 Å². The van der Waals surface area contributed by atoms with Crippen molar-refractivity contribution in [2.45, 2.75) is 53.8 Å². The molecule has 0 aliphatic heterocycles. The van der Waals surface area contributed by atoms with E-state index >= 15 is 0 Å². The molecule has 8 heteroatoms. The van der Waals surface area contributed by atoms with Crippen molar-refractivity contribution in [3.05, 3.63) is 92.6 Å². The van der Waals surface area contributed by atoms with Gasteiger partial charge < -0.3 is 19.0 Å². The van der Waals surface area contributed by atoms with E-state index in [4.69, 9.17) is 19.0 Å². The van der Waals surface area contributed by atoms with Gasteiger partial charge in [0.25, 0.3) is 0 Å². The van der Waals surface area contributed by atoms with Gasteiger partial charge in [-0.25, -0.2) is 9.59 Å². The van der Waals surface area contributed by atoms with Crippen molar-refractivity contribution in [1.29, 1.82) is 0 Å². The van der Waals surface area contributed by atoms with Gasteiger partial charge in [-0.1, -0.05) is 23.3 Å². The number of ketones is 2. The number of benzene rings is 2. The Morgan fingerprint density at radius 2 is 0.944 bits per heavy atom. The number of hydrogen-bond donors (Lipinski definition) is 2. The Bertz CT molecular complexity index is 1300. The van der Waals surface area contributed by atoms with Gasteiger partial charge in [-0.2, -0.15) is 0 Å². The molecule has 2 N–H and O–H groups in total. The number of rotatable bonds is 2. The third kappa shape index (κ3) is 11.0. The Hall–Kier alpha value is -3.88. The van der Waals surface area contributed by atoms with Crippen LogP contribution in [0, 0.1) is 13.8 Å². The normalized spacial score (nSPS) is 11.6. The lowest BCUT2D eigenvalue weighted by molar-refractivity contribution is -0.124. The van der Waals surface area contributed by atoms with Crippen LogP contribution in [0.5, 0.6) is 0 Å². The van der Waals surface area contributed by atoms with Crippen LogP contribution in [0.15, 0.2) is 79.1 Å². The molecular formula is C28H32O8. The summed E-state index contributed by atoms with van der Waals surface area (Å²) in [5, 5.41) is 18.5. The summed E-state index contributed by atoms with van der Waals surface area (Å²) in [7, 11) is 0. The Kier molecular flexibility index (Phi) is 12.1. The highest BCUT2D eigenvalue weighted by Crippen LogP contribution is 2.13. The van der Waals surface area contributed by atoms with E-state index in [1.165, 1.54) is 39.8 Å². The maximum Gasteiger partial charge on any atom is 0.336 e. The number of hydrogen-bond acceptors (Lipinski definition) is 8. The van der Waals surface area contributed by atoms with Crippen molar-refractivity contribution in [2.24, 2.45) is 0 Å². The van der Waals surface area contributed by atoms with E-state index in [0.29, 0.717) is 11.2 Å². The molecule has 0 saturated carbocycles. The van der Waals surface area contributed by atoms with Gasteiger partial charge in [0.1, 0.15) is 23.4 Å². The monoisotopic (exact) mass is 496 g/mol. The molecule has 2 aromatic carbocycles. The molecule has 2 aromatic heterocycles. The SMILES string of the molecule is CC(=O)C(C)O.CC(=O)C(C)O.Cc1ccc2oc(=O)ccc2c1.Cc1ccc2oc(=O)ccc2c1. The lowest BCUT2D eigenvalue weighted by Crippen LogP contribution is -2.10. The van der Waals surface area contributed by atoms with Crippen LogP contribution in [0.25, 0.3) is 21.9 Å². The lowest BCUT2D eigenvalue weighted by Gasteiger charge is -1.95. The number of carbonyl (C=O) groups is 2. The second-order valence-electron chi connectivity index (χ2n) is 8.16. The van der Waals surface area contributed by atoms with E-state index in [1.54, 1.807) is 12.1 Å². The molecule has 4 rings (SSSR count). The minimum atomic E-state index is -0.787. The molecule has 0 spiro atoms. The van der Waals surface area contributed by atoms with Gasteiger partial charge in [0.05, 0.1) is 0 Å². The summed E-state index contributed by atoms with van der Waals surface area (Å²) in [5.41, 5.74) is 3.02. The van der Waals surface area contributed by atoms with E-state index in [-0.39, 0.29) is 22.8 Å². The second-order valence-corrected chi connectivity index (χ2v) is 8.16. The predicted octanol–water partition coefficient (Wildman–Crippen LogP) is 4.12. The zero-order valence-electron chi connectivity index (χ0n) is 21.3. The zero-order chi connectivity index (χ0) is 27.4. The Morgan fingerprint density at radius 1 is 0.639 bits per heavy atom. The highest BCUT2D eigenvalue weighted by Gasteiger charge is 1.98. The van der Waals surface area contributed by atoms with E-state index in [1.807, 2.05) is 50.2 Å². The van der Waals surface area contributed by atoms with E-state index < -0.39 is 12.2 Å². The molecule has 0 saturated heterocycles. The van der Waals surface area contributed by atoms with E-state index in [9.17, 15) is 19.2 Å². The number of aliphatic hydroxyl groups is 2. The first kappa shape index (κ1) is 30.2. The largest absolute Gasteiger partial charge is 0.423 e. The molecule has 36 heavy (non-hydrogen) atoms. The van der Waals surface area contributed by atoms with Gasteiger partial charge in [-0.3, -0.25) is 9.59 Å². The number of fused-ring (bicyclic) bond motifs is 2. The van der Waals surface area contributed by atoms with Gasteiger partial charge >= 0.3 is 11.3 Å². The molecule has 0 amide bonds. The molecule has 2 atom stereocenters. The average molecular weight is 497 g/mol. The number of Topliss-reactive ketones (excluding diaryl/α,β-unsaturated/α-hetero) is 2. The Morgan fingerprint density at radius 3 is 1.22 bits per heavy atom. The molecule has 0 aliphatic carbocycles. The maximum atomic E-state index is 10.8. The van der Waals surface area contributed by atoms with Gasteiger partial charge in [-0.15, -0.1) is 0 Å². The third-order valence-electron chi connectivity index (χ3n) is 4.73. The molecule has 4 aromatic rings. The summed E-state index contributed by atoms with van der Waals surface area (Å²) in [6, 6.07) is 17.8. The number of carbonyl (C=O) groups excluding carboxylic acids is 2. The van der Waals surface area contributed by atoms with Crippen molar-refractivity contribution in [2.75, 3.05) is 0 Å². The van der Waals surface area contributed by atoms with Crippen LogP contribution in [0.4, 0.5) is 0 Å². The van der Waals surface area contributed by atoms with Crippen molar-refractivity contribution in [3.8, 4) is 0 Å². The topological polar surface area (TPSA) is 135 Å². The van der Waals surface area contributed by atoms with Crippen molar-refractivity contribution in [3.63, 3.8) is 0 Å². The van der Waals surface area contributed by atoms with Crippen LogP contribution in [0.2, 0.25) is 0 Å². The highest BCUT2D eigenvalue weighted by atomic mass is 16.4. The number of aryl methyl sites for hydroxylation is 2. The van der Waals surface area contributed by atoms with Gasteiger partial charge in [0.2, 0.25) is 0 Å². The number of aliphatic hydroxyl groups excluding tert-OH is 2. The summed E-state index contributed by atoms with van der Waals surface area (Å²) in [6.45, 7) is 9.61. The molecular weight excluding hydrogens is 464 g/mol. The van der Waals surface area contributed by atoms with E-state index in [0.717, 1.165) is 21.9 Å². The van der Waals surface area contributed by atoms with Gasteiger partial charge in [0, 0.05) is 22.9 Å². The molecule has 0 fully saturated rings. The van der Waals surface area contributed by atoms with Crippen LogP contribution >= 0.6 is 0 Å². The van der Waals surface area contributed by atoms with Crippen molar-refractivity contribution in [1.82, 2.24) is 0 Å². The summed E-state index contributed by atoms with van der Waals surface area (Å²) in [6.07, 6.45) is -1.57. The third-order valence-corrected chi connectivity index (χ3v) is 4.73. The summed E-state index contributed by atoms with van der Waals surface area (Å²) < 4.78 is 9.92. The zero-order valence-corrected chi connectivity index (χ0v) is 21.3. The highest BCUT2D eigenvalue weighted by molar-refractivity contribution is 5.80. The standard InChI is InChI=1S/2C10H8O2.2C4H8O2/c2*1-7-2-4-9-8(6-7)3-5-10(11)12-9;2*1-3(5)4(2)6/h2*2-6H,1H3;2*3,5H,1-2H3. The molecule has 0 radical (unpaired) electrons. The summed E-state index contributed by atoms with van der Waals surface area (Å²) in [4.78, 5) is 41.4. The minimum Gasteiger partial charge on any atom is -0.423 e. The van der Waals surface area contributed by atoms with Gasteiger partial charge in [0.15, 0.2) is 11.6 Å². The van der Waals surface area contributed by atoms with Crippen LogP contribution in [-0.2, 0) is 9.59 Å². The predicted molar refractivity (Wildman–Crippen MR) is 139 cm³/mol. The first-order chi connectivity index (χ1) is 16.8. The smallest absolute Gasteiger partial charge is 0.336 e. The van der Waals surface area contributed by atoms with Gasteiger partial charge in [-0.05, 0) is 77.9 Å². The van der Waals surface area contributed by atoms with Crippen LogP contribution in [-0.4, -0.2) is 34.0 Å². The first-order valence-electron chi connectivity index (χ1n) is 11.2. The van der Waals surface area contributed by atoms with Crippen LogP contribution in [0.3, 0.4) is 0 Å². The lowest BCUT2D eigenvalue weighted by atomic mass is 10.2. The van der Waals surface area contributed by atoms with Crippen molar-refractivity contribution >= 4 is 33.5 Å².